The smallest absolute Gasteiger partial charge is 0.271 e. The monoisotopic (exact) mass is 270 g/mol. The molecule has 1 aromatic rings. The molecule has 0 bridgehead atoms. The fourth-order valence-corrected chi connectivity index (χ4v) is 4.33. The number of rotatable bonds is 2. The number of alkyl halides is 3. The summed E-state index contributed by atoms with van der Waals surface area (Å²) >= 11 is 0. The van der Waals surface area contributed by atoms with Crippen molar-refractivity contribution < 1.29 is 17.4 Å². The molecule has 1 nitrogen and oxygen atoms in total. The Balaban J connectivity index is 3.54. The molecule has 0 aromatic heterocycles. The van der Waals surface area contributed by atoms with Crippen molar-refractivity contribution >= 4 is 19.8 Å². The Hall–Kier alpha value is -0.490. The Labute approximate surface area is 97.3 Å². The average molecular weight is 270 g/mol. The maximum atomic E-state index is 12.8. The first-order valence-corrected chi connectivity index (χ1v) is 8.49. The Morgan fingerprint density at radius 3 is 2.31 bits per heavy atom. The molecule has 92 valence electrons. The van der Waals surface area contributed by atoms with Gasteiger partial charge in [0.25, 0.3) is 0 Å². The van der Waals surface area contributed by atoms with Crippen LogP contribution in [0.4, 0.5) is 13.2 Å². The summed E-state index contributed by atoms with van der Waals surface area (Å²) in [5.41, 5.74) is -0.359. The minimum absolute atomic E-state index is 0.0602. The molecular weight excluding hydrogens is 257 g/mol. The normalized spacial score (nSPS) is 13.9. The van der Waals surface area contributed by atoms with E-state index in [9.17, 15) is 17.4 Å². The summed E-state index contributed by atoms with van der Waals surface area (Å²) in [4.78, 5) is -0.0602. The van der Waals surface area contributed by atoms with Crippen molar-refractivity contribution in [1.29, 1.82) is 0 Å². The highest BCUT2D eigenvalue weighted by molar-refractivity contribution is 8.76. The van der Waals surface area contributed by atoms with E-state index >= 15 is 0 Å². The van der Waals surface area contributed by atoms with Crippen molar-refractivity contribution in [3.8, 4) is 0 Å². The lowest BCUT2D eigenvalue weighted by molar-refractivity contribution is -0.139. The third-order valence-electron chi connectivity index (χ3n) is 2.30. The summed E-state index contributed by atoms with van der Waals surface area (Å²) in [6.07, 6.45) is -1.52. The highest BCUT2D eigenvalue weighted by atomic mass is 33.2. The first-order chi connectivity index (χ1) is 7.20. The maximum Gasteiger partial charge on any atom is 0.417 e. The van der Waals surface area contributed by atoms with Gasteiger partial charge in [-0.15, -0.1) is 0 Å². The SMILES string of the molecule is CS[SH](C)(=O)c1c(C)cccc1C(F)(F)F. The van der Waals surface area contributed by atoms with E-state index in [4.69, 9.17) is 0 Å². The van der Waals surface area contributed by atoms with Crippen molar-refractivity contribution in [3.63, 3.8) is 0 Å². The number of hydrogen-bond donors (Lipinski definition) is 1. The highest BCUT2D eigenvalue weighted by Crippen LogP contribution is 2.40. The lowest BCUT2D eigenvalue weighted by atomic mass is 10.1. The zero-order valence-electron chi connectivity index (χ0n) is 9.13. The maximum absolute atomic E-state index is 12.8. The van der Waals surface area contributed by atoms with Gasteiger partial charge in [0.15, 0.2) is 0 Å². The number of aryl methyl sites for hydroxylation is 1. The molecule has 0 N–H and O–H groups in total. The van der Waals surface area contributed by atoms with E-state index in [1.807, 2.05) is 0 Å². The molecule has 0 radical (unpaired) electrons. The molecular formula is C10H13F3OS2. The quantitative estimate of drug-likeness (QED) is 0.656. The van der Waals surface area contributed by atoms with E-state index in [-0.39, 0.29) is 4.90 Å². The van der Waals surface area contributed by atoms with Gasteiger partial charge in [-0.3, -0.25) is 4.21 Å². The molecule has 0 amide bonds. The Bertz CT molecular complexity index is 440. The van der Waals surface area contributed by atoms with Gasteiger partial charge in [0, 0.05) is 11.2 Å². The molecule has 0 aliphatic heterocycles. The molecule has 6 heteroatoms. The fraction of sp³-hybridized carbons (Fsp3) is 0.400. The summed E-state index contributed by atoms with van der Waals surface area (Å²) < 4.78 is 50.4. The Morgan fingerprint density at radius 1 is 1.31 bits per heavy atom. The van der Waals surface area contributed by atoms with Crippen molar-refractivity contribution in [3.05, 3.63) is 29.3 Å². The van der Waals surface area contributed by atoms with Gasteiger partial charge in [-0.1, -0.05) is 22.9 Å². The van der Waals surface area contributed by atoms with Gasteiger partial charge in [-0.25, -0.2) is 0 Å². The van der Waals surface area contributed by atoms with Gasteiger partial charge in [-0.2, -0.15) is 13.2 Å². The standard InChI is InChI=1S/C10H13F3OS2/c1-7-5-4-6-8(10(11,12)13)9(7)16(3,14)15-2/h4-6,16H,1-3H3. The van der Waals surface area contributed by atoms with Crippen LogP contribution in [0.5, 0.6) is 0 Å². The molecule has 0 spiro atoms. The van der Waals surface area contributed by atoms with Crippen LogP contribution in [0.1, 0.15) is 11.1 Å². The zero-order valence-corrected chi connectivity index (χ0v) is 10.8. The van der Waals surface area contributed by atoms with Crippen LogP contribution in [0, 0.1) is 6.92 Å². The second-order valence-electron chi connectivity index (χ2n) is 3.50. The summed E-state index contributed by atoms with van der Waals surface area (Å²) in [6.45, 7) is 1.55. The first-order valence-electron chi connectivity index (χ1n) is 4.51. The van der Waals surface area contributed by atoms with Crippen molar-refractivity contribution in [2.75, 3.05) is 12.5 Å². The van der Waals surface area contributed by atoms with Gasteiger partial charge < -0.3 is 0 Å². The molecule has 0 unspecified atom stereocenters. The minimum Gasteiger partial charge on any atom is -0.271 e. The second-order valence-corrected chi connectivity index (χ2v) is 9.19. The molecule has 0 aliphatic carbocycles. The van der Waals surface area contributed by atoms with Crippen LogP contribution in [-0.2, 0) is 15.1 Å². The van der Waals surface area contributed by atoms with E-state index in [1.165, 1.54) is 12.3 Å². The molecule has 0 saturated heterocycles. The van der Waals surface area contributed by atoms with Crippen LogP contribution in [0.15, 0.2) is 23.1 Å². The van der Waals surface area contributed by atoms with Crippen molar-refractivity contribution in [1.82, 2.24) is 0 Å². The third-order valence-corrected chi connectivity index (χ3v) is 7.04. The minimum atomic E-state index is -4.46. The van der Waals surface area contributed by atoms with E-state index in [0.29, 0.717) is 5.56 Å². The predicted octanol–water partition coefficient (Wildman–Crippen LogP) is 3.30. The lowest BCUT2D eigenvalue weighted by Gasteiger charge is -2.23. The summed E-state index contributed by atoms with van der Waals surface area (Å²) in [5.74, 6) is 0. The van der Waals surface area contributed by atoms with E-state index in [2.05, 4.69) is 0 Å². The summed E-state index contributed by atoms with van der Waals surface area (Å²) in [7, 11) is -2.02. The highest BCUT2D eigenvalue weighted by Gasteiger charge is 2.36. The third kappa shape index (κ3) is 2.60. The summed E-state index contributed by atoms with van der Waals surface area (Å²) in [6, 6.07) is 3.87. The summed E-state index contributed by atoms with van der Waals surface area (Å²) in [5, 5.41) is 0. The van der Waals surface area contributed by atoms with E-state index in [0.717, 1.165) is 16.9 Å². The van der Waals surface area contributed by atoms with Crippen LogP contribution >= 0.6 is 10.8 Å². The van der Waals surface area contributed by atoms with Crippen LogP contribution in [0.2, 0.25) is 0 Å². The number of thiol groups is 1. The molecule has 0 fully saturated rings. The second kappa shape index (κ2) is 4.41. The average Bonchev–Trinajstić information content (AvgIpc) is 2.15. The van der Waals surface area contributed by atoms with Crippen molar-refractivity contribution in [2.24, 2.45) is 0 Å². The van der Waals surface area contributed by atoms with Crippen molar-refractivity contribution in [2.45, 2.75) is 18.0 Å². The molecule has 16 heavy (non-hydrogen) atoms. The number of hydrogen-bond acceptors (Lipinski definition) is 2. The Morgan fingerprint density at radius 2 is 1.88 bits per heavy atom. The Kier molecular flexibility index (Phi) is 3.74. The van der Waals surface area contributed by atoms with E-state index < -0.39 is 20.7 Å². The topological polar surface area (TPSA) is 17.1 Å². The van der Waals surface area contributed by atoms with Crippen LogP contribution in [0.3, 0.4) is 0 Å². The lowest BCUT2D eigenvalue weighted by Crippen LogP contribution is -2.16. The molecule has 1 rings (SSSR count). The van der Waals surface area contributed by atoms with Gasteiger partial charge >= 0.3 is 6.18 Å². The van der Waals surface area contributed by atoms with Crippen LogP contribution in [-0.4, -0.2) is 16.7 Å². The largest absolute Gasteiger partial charge is 0.417 e. The zero-order chi connectivity index (χ0) is 12.6. The molecule has 0 saturated carbocycles. The first kappa shape index (κ1) is 13.6. The molecule has 0 heterocycles. The fourth-order valence-electron chi connectivity index (χ4n) is 1.52. The molecule has 1 aromatic carbocycles. The van der Waals surface area contributed by atoms with Crippen LogP contribution in [0.25, 0.3) is 0 Å². The van der Waals surface area contributed by atoms with Gasteiger partial charge in [0.05, 0.1) is 5.56 Å². The van der Waals surface area contributed by atoms with Gasteiger partial charge in [0.1, 0.15) is 0 Å². The van der Waals surface area contributed by atoms with Gasteiger partial charge in [0.2, 0.25) is 0 Å². The molecule has 0 atom stereocenters. The molecule has 0 aliphatic rings. The predicted molar refractivity (Wildman–Crippen MR) is 63.4 cm³/mol. The van der Waals surface area contributed by atoms with Gasteiger partial charge in [-0.05, 0) is 33.8 Å². The van der Waals surface area contributed by atoms with E-state index in [1.54, 1.807) is 19.2 Å². The number of halogens is 3. The number of benzene rings is 1. The van der Waals surface area contributed by atoms with Crippen LogP contribution < -0.4 is 0 Å².